The molecular weight excluding hydrogens is 266 g/mol. The lowest BCUT2D eigenvalue weighted by Crippen LogP contribution is -2.41. The summed E-state index contributed by atoms with van der Waals surface area (Å²) in [7, 11) is 4.51. The highest BCUT2D eigenvalue weighted by atomic mass is 32.1. The maximum Gasteiger partial charge on any atom is 0.0327 e. The highest BCUT2D eigenvalue weighted by Gasteiger charge is 2.20. The van der Waals surface area contributed by atoms with E-state index >= 15 is 0 Å². The van der Waals surface area contributed by atoms with Gasteiger partial charge in [0.2, 0.25) is 0 Å². The number of nitrogens with one attached hydrogen (secondary N) is 1. The Morgan fingerprint density at radius 1 is 1.30 bits per heavy atom. The molecular formula is C16H29N3S. The molecule has 1 aromatic heterocycles. The fourth-order valence-corrected chi connectivity index (χ4v) is 3.85. The first kappa shape index (κ1) is 16.0. The predicted octanol–water partition coefficient (Wildman–Crippen LogP) is 2.77. The van der Waals surface area contributed by atoms with Gasteiger partial charge in [-0.25, -0.2) is 0 Å². The SMILES string of the molecule is CCCNCc1ccc(CN(C)C2CCN(C)CC2)s1. The van der Waals surface area contributed by atoms with Crippen molar-refractivity contribution in [2.24, 2.45) is 0 Å². The van der Waals surface area contributed by atoms with Crippen LogP contribution in [0.25, 0.3) is 0 Å². The van der Waals surface area contributed by atoms with E-state index in [-0.39, 0.29) is 0 Å². The third kappa shape index (κ3) is 4.85. The van der Waals surface area contributed by atoms with Gasteiger partial charge >= 0.3 is 0 Å². The third-order valence-corrected chi connectivity index (χ3v) is 5.23. The van der Waals surface area contributed by atoms with E-state index in [1.54, 1.807) is 0 Å². The molecule has 2 rings (SSSR count). The number of thiophene rings is 1. The van der Waals surface area contributed by atoms with Crippen molar-refractivity contribution in [1.29, 1.82) is 0 Å². The lowest BCUT2D eigenvalue weighted by atomic mass is 10.0. The Bertz CT molecular complexity index is 383. The molecule has 1 aliphatic heterocycles. The van der Waals surface area contributed by atoms with E-state index in [4.69, 9.17) is 0 Å². The molecule has 1 aromatic rings. The fraction of sp³-hybridized carbons (Fsp3) is 0.750. The molecule has 0 spiro atoms. The minimum Gasteiger partial charge on any atom is -0.312 e. The second-order valence-corrected chi connectivity index (χ2v) is 7.25. The van der Waals surface area contributed by atoms with Crippen molar-refractivity contribution in [3.8, 4) is 0 Å². The normalized spacial score (nSPS) is 18.0. The minimum absolute atomic E-state index is 0.759. The first-order valence-corrected chi connectivity index (χ1v) is 8.67. The largest absolute Gasteiger partial charge is 0.312 e. The van der Waals surface area contributed by atoms with Gasteiger partial charge in [-0.1, -0.05) is 6.92 Å². The van der Waals surface area contributed by atoms with Crippen LogP contribution >= 0.6 is 11.3 Å². The Balaban J connectivity index is 1.77. The summed E-state index contributed by atoms with van der Waals surface area (Å²) in [5, 5.41) is 3.48. The molecule has 2 heterocycles. The summed E-state index contributed by atoms with van der Waals surface area (Å²) >= 11 is 1.96. The number of piperidine rings is 1. The van der Waals surface area contributed by atoms with Gasteiger partial charge in [0.05, 0.1) is 0 Å². The molecule has 3 nitrogen and oxygen atoms in total. The monoisotopic (exact) mass is 295 g/mol. The molecule has 1 saturated heterocycles. The van der Waals surface area contributed by atoms with Crippen LogP contribution in [0, 0.1) is 0 Å². The average molecular weight is 295 g/mol. The van der Waals surface area contributed by atoms with Gasteiger partial charge in [0.1, 0.15) is 0 Å². The topological polar surface area (TPSA) is 18.5 Å². The maximum atomic E-state index is 3.48. The number of hydrogen-bond acceptors (Lipinski definition) is 4. The van der Waals surface area contributed by atoms with Crippen LogP contribution in [-0.4, -0.2) is 49.6 Å². The molecule has 20 heavy (non-hydrogen) atoms. The zero-order chi connectivity index (χ0) is 14.4. The molecule has 0 amide bonds. The Morgan fingerprint density at radius 3 is 2.70 bits per heavy atom. The van der Waals surface area contributed by atoms with Crippen LogP contribution in [0.5, 0.6) is 0 Å². The molecule has 114 valence electrons. The van der Waals surface area contributed by atoms with Gasteiger partial charge in [-0.2, -0.15) is 0 Å². The van der Waals surface area contributed by atoms with E-state index in [0.717, 1.165) is 25.7 Å². The summed E-state index contributed by atoms with van der Waals surface area (Å²) in [6.07, 6.45) is 3.82. The third-order valence-electron chi connectivity index (χ3n) is 4.16. The van der Waals surface area contributed by atoms with Crippen molar-refractivity contribution in [2.45, 2.75) is 45.3 Å². The fourth-order valence-electron chi connectivity index (χ4n) is 2.80. The molecule has 0 aliphatic carbocycles. The standard InChI is InChI=1S/C16H29N3S/c1-4-9-17-12-15-5-6-16(20-15)13-19(3)14-7-10-18(2)11-8-14/h5-6,14,17H,4,7-13H2,1-3H3. The predicted molar refractivity (Wildman–Crippen MR) is 88.3 cm³/mol. The molecule has 4 heteroatoms. The van der Waals surface area contributed by atoms with Gasteiger partial charge in [-0.15, -0.1) is 11.3 Å². The van der Waals surface area contributed by atoms with Crippen molar-refractivity contribution in [3.05, 3.63) is 21.9 Å². The highest BCUT2D eigenvalue weighted by molar-refractivity contribution is 7.11. The Labute approximate surface area is 128 Å². The summed E-state index contributed by atoms with van der Waals surface area (Å²) in [6.45, 7) is 7.94. The van der Waals surface area contributed by atoms with Crippen LogP contribution in [0.4, 0.5) is 0 Å². The van der Waals surface area contributed by atoms with Crippen LogP contribution in [0.2, 0.25) is 0 Å². The molecule has 0 atom stereocenters. The summed E-state index contributed by atoms with van der Waals surface area (Å²) < 4.78 is 0. The van der Waals surface area contributed by atoms with Crippen LogP contribution in [-0.2, 0) is 13.1 Å². The molecule has 0 bridgehead atoms. The second-order valence-electron chi connectivity index (χ2n) is 5.99. The van der Waals surface area contributed by atoms with Gasteiger partial charge in [0.25, 0.3) is 0 Å². The average Bonchev–Trinajstić information content (AvgIpc) is 2.87. The smallest absolute Gasteiger partial charge is 0.0327 e. The number of hydrogen-bond donors (Lipinski definition) is 1. The van der Waals surface area contributed by atoms with E-state index in [9.17, 15) is 0 Å². The van der Waals surface area contributed by atoms with Gasteiger partial charge in [0, 0.05) is 28.9 Å². The van der Waals surface area contributed by atoms with Gasteiger partial charge in [0.15, 0.2) is 0 Å². The zero-order valence-corrected chi connectivity index (χ0v) is 14.0. The van der Waals surface area contributed by atoms with E-state index in [1.807, 2.05) is 11.3 Å². The van der Waals surface area contributed by atoms with E-state index in [2.05, 4.69) is 48.3 Å². The lowest BCUT2D eigenvalue weighted by molar-refractivity contribution is 0.140. The van der Waals surface area contributed by atoms with E-state index in [1.165, 1.54) is 42.1 Å². The van der Waals surface area contributed by atoms with Gasteiger partial charge in [-0.3, -0.25) is 4.90 Å². The summed E-state index contributed by atoms with van der Waals surface area (Å²) in [5.41, 5.74) is 0. The second kappa shape index (κ2) is 8.13. The first-order chi connectivity index (χ1) is 9.69. The van der Waals surface area contributed by atoms with Crippen molar-refractivity contribution >= 4 is 11.3 Å². The molecule has 1 N–H and O–H groups in total. The lowest BCUT2D eigenvalue weighted by Gasteiger charge is -2.34. The molecule has 0 radical (unpaired) electrons. The Hall–Kier alpha value is -0.420. The number of rotatable bonds is 7. The summed E-state index contributed by atoms with van der Waals surface area (Å²) in [5.74, 6) is 0. The molecule has 0 aromatic carbocycles. The molecule has 1 fully saturated rings. The van der Waals surface area contributed by atoms with Crippen molar-refractivity contribution < 1.29 is 0 Å². The van der Waals surface area contributed by atoms with E-state index < -0.39 is 0 Å². The zero-order valence-electron chi connectivity index (χ0n) is 13.2. The van der Waals surface area contributed by atoms with Crippen molar-refractivity contribution in [1.82, 2.24) is 15.1 Å². The Morgan fingerprint density at radius 2 is 2.00 bits per heavy atom. The van der Waals surface area contributed by atoms with Crippen LogP contribution in [0.1, 0.15) is 35.9 Å². The Kier molecular flexibility index (Phi) is 6.49. The first-order valence-electron chi connectivity index (χ1n) is 7.86. The molecule has 1 aliphatic rings. The molecule has 0 saturated carbocycles. The van der Waals surface area contributed by atoms with Crippen LogP contribution in [0.15, 0.2) is 12.1 Å². The van der Waals surface area contributed by atoms with Crippen molar-refractivity contribution in [2.75, 3.05) is 33.7 Å². The minimum atomic E-state index is 0.759. The summed E-state index contributed by atoms with van der Waals surface area (Å²) in [4.78, 5) is 7.94. The van der Waals surface area contributed by atoms with Gasteiger partial charge in [-0.05, 0) is 65.1 Å². The van der Waals surface area contributed by atoms with Crippen LogP contribution < -0.4 is 5.32 Å². The number of likely N-dealkylation sites (tertiary alicyclic amines) is 1. The summed E-state index contributed by atoms with van der Waals surface area (Å²) in [6, 6.07) is 5.35. The van der Waals surface area contributed by atoms with Crippen LogP contribution in [0.3, 0.4) is 0 Å². The van der Waals surface area contributed by atoms with Gasteiger partial charge < -0.3 is 10.2 Å². The highest BCUT2D eigenvalue weighted by Crippen LogP contribution is 2.21. The maximum absolute atomic E-state index is 3.48. The van der Waals surface area contributed by atoms with Crippen molar-refractivity contribution in [3.63, 3.8) is 0 Å². The quantitative estimate of drug-likeness (QED) is 0.780. The molecule has 0 unspecified atom stereocenters. The number of nitrogens with zero attached hydrogens (tertiary/aromatic N) is 2. The van der Waals surface area contributed by atoms with E-state index in [0.29, 0.717) is 0 Å².